The summed E-state index contributed by atoms with van der Waals surface area (Å²) in [6.45, 7) is 6.48. The highest BCUT2D eigenvalue weighted by Crippen LogP contribution is 2.40. The first-order valence-corrected chi connectivity index (χ1v) is 10.8. The minimum absolute atomic E-state index is 0.0457. The van der Waals surface area contributed by atoms with Crippen molar-refractivity contribution in [2.45, 2.75) is 39.3 Å². The van der Waals surface area contributed by atoms with Crippen LogP contribution in [0.3, 0.4) is 0 Å². The van der Waals surface area contributed by atoms with Crippen molar-refractivity contribution < 1.29 is 23.8 Å². The maximum Gasteiger partial charge on any atom is 0.295 e. The Balaban J connectivity index is 1.75. The van der Waals surface area contributed by atoms with E-state index in [-0.39, 0.29) is 17.4 Å². The highest BCUT2D eigenvalue weighted by Gasteiger charge is 2.47. The number of ether oxygens (including phenoxy) is 1. The fraction of sp³-hybridized carbons (Fsp3) is 0.308. The lowest BCUT2D eigenvalue weighted by atomic mass is 9.97. The van der Waals surface area contributed by atoms with Gasteiger partial charge in [-0.2, -0.15) is 0 Å². The fourth-order valence-corrected chi connectivity index (χ4v) is 4.05. The van der Waals surface area contributed by atoms with Crippen LogP contribution in [0.2, 0.25) is 0 Å². The van der Waals surface area contributed by atoms with E-state index in [1.54, 1.807) is 25.1 Å². The van der Waals surface area contributed by atoms with Crippen LogP contribution in [0.1, 0.15) is 43.4 Å². The van der Waals surface area contributed by atoms with Crippen LogP contribution < -0.4 is 0 Å². The molecule has 0 aliphatic carbocycles. The summed E-state index contributed by atoms with van der Waals surface area (Å²) in [6.07, 6.45) is 0.652. The van der Waals surface area contributed by atoms with Gasteiger partial charge in [-0.05, 0) is 56.2 Å². The number of ketones is 1. The zero-order valence-electron chi connectivity index (χ0n) is 18.5. The molecule has 1 aliphatic rings. The number of benzene rings is 2. The van der Waals surface area contributed by atoms with Gasteiger partial charge in [-0.3, -0.25) is 9.59 Å². The van der Waals surface area contributed by atoms with Crippen molar-refractivity contribution >= 4 is 28.2 Å². The SMILES string of the molecule is Cc1ccc(C2/C(=C(/O)c3ccc4ccccc4c3)C(=O)C(=O)N2CCCOC(C)C)o1. The molecule has 32 heavy (non-hydrogen) atoms. The summed E-state index contributed by atoms with van der Waals surface area (Å²) in [6, 6.07) is 16.0. The largest absolute Gasteiger partial charge is 0.507 e. The van der Waals surface area contributed by atoms with E-state index in [9.17, 15) is 14.7 Å². The topological polar surface area (TPSA) is 80.0 Å². The average molecular weight is 434 g/mol. The minimum Gasteiger partial charge on any atom is -0.507 e. The third-order valence-electron chi connectivity index (χ3n) is 5.59. The molecule has 1 saturated heterocycles. The lowest BCUT2D eigenvalue weighted by Crippen LogP contribution is -2.31. The van der Waals surface area contributed by atoms with Crippen molar-refractivity contribution in [3.63, 3.8) is 0 Å². The third-order valence-corrected chi connectivity index (χ3v) is 5.59. The second-order valence-corrected chi connectivity index (χ2v) is 8.28. The Labute approximate surface area is 187 Å². The van der Waals surface area contributed by atoms with Gasteiger partial charge in [-0.1, -0.05) is 36.4 Å². The molecular weight excluding hydrogens is 406 g/mol. The summed E-state index contributed by atoms with van der Waals surface area (Å²) in [5.41, 5.74) is 0.530. The molecule has 1 amide bonds. The number of hydrogen-bond donors (Lipinski definition) is 1. The van der Waals surface area contributed by atoms with Crippen LogP contribution in [-0.4, -0.2) is 41.0 Å². The molecule has 0 saturated carbocycles. The number of nitrogens with zero attached hydrogens (tertiary/aromatic N) is 1. The Kier molecular flexibility index (Phi) is 6.15. The normalized spacial score (nSPS) is 18.2. The molecule has 0 bridgehead atoms. The van der Waals surface area contributed by atoms with Gasteiger partial charge in [0.25, 0.3) is 11.7 Å². The number of rotatable bonds is 7. The molecule has 3 aromatic rings. The van der Waals surface area contributed by atoms with E-state index in [0.29, 0.717) is 36.7 Å². The van der Waals surface area contributed by atoms with E-state index < -0.39 is 17.7 Å². The molecule has 1 atom stereocenters. The van der Waals surface area contributed by atoms with Crippen molar-refractivity contribution in [1.29, 1.82) is 0 Å². The van der Waals surface area contributed by atoms with Gasteiger partial charge in [0, 0.05) is 18.7 Å². The lowest BCUT2D eigenvalue weighted by molar-refractivity contribution is -0.140. The third kappa shape index (κ3) is 4.18. The first-order chi connectivity index (χ1) is 15.4. The molecular formula is C26H27NO5. The summed E-state index contributed by atoms with van der Waals surface area (Å²) < 4.78 is 11.4. The molecule has 1 aliphatic heterocycles. The second-order valence-electron chi connectivity index (χ2n) is 8.28. The molecule has 166 valence electrons. The number of likely N-dealkylation sites (tertiary alicyclic amines) is 1. The summed E-state index contributed by atoms with van der Waals surface area (Å²) in [7, 11) is 0. The first kappa shape index (κ1) is 21.8. The number of carbonyl (C=O) groups is 2. The predicted molar refractivity (Wildman–Crippen MR) is 122 cm³/mol. The van der Waals surface area contributed by atoms with Gasteiger partial charge >= 0.3 is 0 Å². The number of Topliss-reactive ketones (excluding diaryl/α,β-unsaturated/α-hetero) is 1. The number of amides is 1. The number of aliphatic hydroxyl groups is 1. The number of carbonyl (C=O) groups excluding carboxylic acids is 2. The highest BCUT2D eigenvalue weighted by molar-refractivity contribution is 6.46. The van der Waals surface area contributed by atoms with Crippen molar-refractivity contribution in [3.05, 3.63) is 77.3 Å². The van der Waals surface area contributed by atoms with Crippen LogP contribution in [0.25, 0.3) is 16.5 Å². The van der Waals surface area contributed by atoms with E-state index in [0.717, 1.165) is 10.8 Å². The van der Waals surface area contributed by atoms with Gasteiger partial charge in [-0.15, -0.1) is 0 Å². The fourth-order valence-electron chi connectivity index (χ4n) is 4.05. The Morgan fingerprint density at radius 3 is 2.53 bits per heavy atom. The van der Waals surface area contributed by atoms with Crippen LogP contribution in [-0.2, 0) is 14.3 Å². The van der Waals surface area contributed by atoms with Crippen molar-refractivity contribution in [3.8, 4) is 0 Å². The Morgan fingerprint density at radius 2 is 1.84 bits per heavy atom. The number of aliphatic hydroxyl groups excluding tert-OH is 1. The van der Waals surface area contributed by atoms with Crippen LogP contribution in [0.15, 0.2) is 64.6 Å². The number of furan rings is 1. The Hall–Kier alpha value is -3.38. The summed E-state index contributed by atoms with van der Waals surface area (Å²) in [5.74, 6) is -0.433. The van der Waals surface area contributed by atoms with Gasteiger partial charge in [0.1, 0.15) is 23.3 Å². The summed E-state index contributed by atoms with van der Waals surface area (Å²) >= 11 is 0. The monoisotopic (exact) mass is 433 g/mol. The van der Waals surface area contributed by atoms with Gasteiger partial charge in [0.05, 0.1) is 11.7 Å². The molecule has 1 unspecified atom stereocenters. The molecule has 6 nitrogen and oxygen atoms in total. The van der Waals surface area contributed by atoms with E-state index in [1.807, 2.05) is 50.2 Å². The number of fused-ring (bicyclic) bond motifs is 1. The smallest absolute Gasteiger partial charge is 0.295 e. The van der Waals surface area contributed by atoms with E-state index >= 15 is 0 Å². The van der Waals surface area contributed by atoms with Crippen LogP contribution in [0.4, 0.5) is 0 Å². The zero-order valence-corrected chi connectivity index (χ0v) is 18.5. The van der Waals surface area contributed by atoms with Crippen molar-refractivity contribution in [1.82, 2.24) is 4.90 Å². The van der Waals surface area contributed by atoms with E-state index in [2.05, 4.69) is 0 Å². The van der Waals surface area contributed by atoms with Crippen molar-refractivity contribution in [2.75, 3.05) is 13.2 Å². The molecule has 4 rings (SSSR count). The van der Waals surface area contributed by atoms with Crippen LogP contribution >= 0.6 is 0 Å². The van der Waals surface area contributed by atoms with Crippen molar-refractivity contribution in [2.24, 2.45) is 0 Å². The number of aryl methyl sites for hydroxylation is 1. The second kappa shape index (κ2) is 9.01. The Morgan fingerprint density at radius 1 is 1.09 bits per heavy atom. The Bertz CT molecular complexity index is 1190. The molecule has 2 heterocycles. The average Bonchev–Trinajstić information content (AvgIpc) is 3.31. The lowest BCUT2D eigenvalue weighted by Gasteiger charge is -2.23. The van der Waals surface area contributed by atoms with Gasteiger partial charge in [0.2, 0.25) is 0 Å². The molecule has 0 spiro atoms. The summed E-state index contributed by atoms with van der Waals surface area (Å²) in [5, 5.41) is 13.1. The van der Waals surface area contributed by atoms with E-state index in [4.69, 9.17) is 9.15 Å². The number of hydrogen-bond acceptors (Lipinski definition) is 5. The standard InChI is InChI=1S/C26H27NO5/c1-16(2)31-14-6-13-27-23(21-12-9-17(3)32-21)22(25(29)26(27)30)24(28)20-11-10-18-7-4-5-8-19(18)15-20/h4-5,7-12,15-16,23,28H,6,13-14H2,1-3H3/b24-22-. The highest BCUT2D eigenvalue weighted by atomic mass is 16.5. The molecule has 1 N–H and O–H groups in total. The van der Waals surface area contributed by atoms with Gasteiger partial charge < -0.3 is 19.2 Å². The van der Waals surface area contributed by atoms with E-state index in [1.165, 1.54) is 4.90 Å². The van der Waals surface area contributed by atoms with Gasteiger partial charge in [-0.25, -0.2) is 0 Å². The van der Waals surface area contributed by atoms with Crippen LogP contribution in [0, 0.1) is 6.92 Å². The molecule has 0 radical (unpaired) electrons. The first-order valence-electron chi connectivity index (χ1n) is 10.8. The maximum absolute atomic E-state index is 13.0. The summed E-state index contributed by atoms with van der Waals surface area (Å²) in [4.78, 5) is 27.4. The maximum atomic E-state index is 13.0. The van der Waals surface area contributed by atoms with Crippen LogP contribution in [0.5, 0.6) is 0 Å². The molecule has 6 heteroatoms. The zero-order chi connectivity index (χ0) is 22.8. The molecule has 2 aromatic carbocycles. The molecule has 1 fully saturated rings. The predicted octanol–water partition coefficient (Wildman–Crippen LogP) is 4.98. The molecule has 1 aromatic heterocycles. The quantitative estimate of drug-likeness (QED) is 0.246. The van der Waals surface area contributed by atoms with Gasteiger partial charge in [0.15, 0.2) is 0 Å². The minimum atomic E-state index is -0.783.